The van der Waals surface area contributed by atoms with E-state index in [0.29, 0.717) is 12.8 Å². The number of Topliss-reactive ketones (excluding diaryl/α,β-unsaturated/α-hetero) is 1. The van der Waals surface area contributed by atoms with Crippen LogP contribution in [0.3, 0.4) is 0 Å². The molecule has 3 aliphatic carbocycles. The number of phenolic OH excluding ortho intramolecular Hbond substituents is 1. The third-order valence-corrected chi connectivity index (χ3v) is 10.1. The molecular weight excluding hydrogens is 489 g/mol. The lowest BCUT2D eigenvalue weighted by molar-refractivity contribution is -0.132. The van der Waals surface area contributed by atoms with E-state index in [1.165, 1.54) is 0 Å². The molecule has 2 aromatic carbocycles. The van der Waals surface area contributed by atoms with Gasteiger partial charge in [0.2, 0.25) is 0 Å². The zero-order chi connectivity index (χ0) is 27.6. The molecule has 6 atom stereocenters. The Morgan fingerprint density at radius 2 is 1.82 bits per heavy atom. The van der Waals surface area contributed by atoms with Gasteiger partial charge in [0.25, 0.3) is 5.91 Å². The zero-order valence-corrected chi connectivity index (χ0v) is 23.6. The molecule has 2 fully saturated rings. The van der Waals surface area contributed by atoms with Gasteiger partial charge in [-0.25, -0.2) is 4.39 Å². The first-order valence-corrected chi connectivity index (χ1v) is 15.2. The van der Waals surface area contributed by atoms with Crippen LogP contribution in [0.5, 0.6) is 5.75 Å². The van der Waals surface area contributed by atoms with E-state index >= 15 is 4.39 Å². The Bertz CT molecular complexity index is 1170. The minimum absolute atomic E-state index is 0.0987. The van der Waals surface area contributed by atoms with Crippen LogP contribution in [0.2, 0.25) is 0 Å². The highest BCUT2D eigenvalue weighted by atomic mass is 19.1. The van der Waals surface area contributed by atoms with E-state index in [2.05, 4.69) is 6.92 Å². The number of hydrogen-bond donors (Lipinski definition) is 1. The number of halogens is 1. The average Bonchev–Trinajstić information content (AvgIpc) is 3.23. The first-order chi connectivity index (χ1) is 18.8. The van der Waals surface area contributed by atoms with E-state index in [-0.39, 0.29) is 41.1 Å². The molecule has 0 bridgehead atoms. The molecule has 39 heavy (non-hydrogen) atoms. The van der Waals surface area contributed by atoms with Crippen molar-refractivity contribution in [1.82, 2.24) is 4.90 Å². The molecule has 5 rings (SSSR count). The highest BCUT2D eigenvalue weighted by Crippen LogP contribution is 2.62. The second-order valence-corrected chi connectivity index (χ2v) is 12.5. The molecule has 3 aliphatic rings. The topological polar surface area (TPSA) is 57.6 Å². The number of unbranched alkanes of at least 4 members (excludes halogenated alkanes) is 3. The van der Waals surface area contributed by atoms with Crippen LogP contribution in [0.15, 0.2) is 48.5 Å². The average molecular weight is 534 g/mol. The maximum atomic E-state index is 16.0. The summed E-state index contributed by atoms with van der Waals surface area (Å²) in [6, 6.07) is 15.0. The highest BCUT2D eigenvalue weighted by Gasteiger charge is 2.60. The first kappa shape index (κ1) is 27.9. The number of carbonyl (C=O) groups excluding carboxylic acids is 2. The summed E-state index contributed by atoms with van der Waals surface area (Å²) in [6.07, 6.45) is 7.59. The molecule has 0 unspecified atom stereocenters. The SMILES string of the molecule is CCCCCN(CCCC[C@@H]1Cc2cc(O)ccc2[C@@H]2[C@@H]1[C@@H]1CCC(=O)[C@@]1(C)C[C@@H]2F)C(=O)c1ccccc1. The summed E-state index contributed by atoms with van der Waals surface area (Å²) >= 11 is 0. The summed E-state index contributed by atoms with van der Waals surface area (Å²) in [4.78, 5) is 28.2. The van der Waals surface area contributed by atoms with E-state index < -0.39 is 11.6 Å². The van der Waals surface area contributed by atoms with Gasteiger partial charge in [0.05, 0.1) is 0 Å². The van der Waals surface area contributed by atoms with Gasteiger partial charge in [-0.15, -0.1) is 0 Å². The third kappa shape index (κ3) is 5.51. The van der Waals surface area contributed by atoms with Crippen molar-refractivity contribution in [2.75, 3.05) is 13.1 Å². The molecule has 1 amide bonds. The summed E-state index contributed by atoms with van der Waals surface area (Å²) in [7, 11) is 0. The Morgan fingerprint density at radius 1 is 1.08 bits per heavy atom. The van der Waals surface area contributed by atoms with Crippen LogP contribution >= 0.6 is 0 Å². The molecule has 1 N–H and O–H groups in total. The minimum Gasteiger partial charge on any atom is -0.508 e. The smallest absolute Gasteiger partial charge is 0.253 e. The van der Waals surface area contributed by atoms with Crippen molar-refractivity contribution in [3.05, 3.63) is 65.2 Å². The number of phenols is 1. The number of fused-ring (bicyclic) bond motifs is 5. The number of benzene rings is 2. The maximum Gasteiger partial charge on any atom is 0.253 e. The monoisotopic (exact) mass is 533 g/mol. The van der Waals surface area contributed by atoms with Crippen LogP contribution in [0, 0.1) is 23.2 Å². The second-order valence-electron chi connectivity index (χ2n) is 12.5. The molecule has 0 saturated heterocycles. The summed E-state index contributed by atoms with van der Waals surface area (Å²) in [5, 5.41) is 10.2. The molecule has 4 nitrogen and oxygen atoms in total. The molecule has 2 saturated carbocycles. The van der Waals surface area contributed by atoms with Gasteiger partial charge in [0.15, 0.2) is 0 Å². The van der Waals surface area contributed by atoms with Crippen LogP contribution in [-0.2, 0) is 11.2 Å². The van der Waals surface area contributed by atoms with Crippen molar-refractivity contribution < 1.29 is 19.1 Å². The zero-order valence-electron chi connectivity index (χ0n) is 23.6. The van der Waals surface area contributed by atoms with Gasteiger partial charge in [0, 0.05) is 36.4 Å². The molecular formula is C34H44FNO3. The maximum absolute atomic E-state index is 16.0. The van der Waals surface area contributed by atoms with Crippen LogP contribution in [-0.4, -0.2) is 41.0 Å². The molecule has 0 radical (unpaired) electrons. The fourth-order valence-electron chi connectivity index (χ4n) is 8.17. The van der Waals surface area contributed by atoms with Gasteiger partial charge < -0.3 is 10.0 Å². The lowest BCUT2D eigenvalue weighted by Gasteiger charge is -2.53. The van der Waals surface area contributed by atoms with Crippen LogP contribution < -0.4 is 0 Å². The van der Waals surface area contributed by atoms with Crippen molar-refractivity contribution in [1.29, 1.82) is 0 Å². The standard InChI is InChI=1S/C34H44FNO3/c1-3-4-9-18-36(33(39)23-11-6-5-7-12-23)19-10-8-13-24-20-25-21-26(37)14-15-27(25)32-29(35)22-34(2)28(31(24)32)16-17-30(34)38/h5-7,11-12,14-15,21,24,28-29,31-32,37H,3-4,8-10,13,16-20,22H2,1-2H3/t24-,28+,29+,31+,32+,34+/m1/s1. The summed E-state index contributed by atoms with van der Waals surface area (Å²) in [5.41, 5.74) is 2.29. The number of hydrogen-bond acceptors (Lipinski definition) is 3. The summed E-state index contributed by atoms with van der Waals surface area (Å²) in [6.45, 7) is 5.69. The van der Waals surface area contributed by atoms with Crippen molar-refractivity contribution in [3.63, 3.8) is 0 Å². The largest absolute Gasteiger partial charge is 0.508 e. The minimum atomic E-state index is -1.04. The summed E-state index contributed by atoms with van der Waals surface area (Å²) < 4.78 is 16.0. The van der Waals surface area contributed by atoms with E-state index in [1.54, 1.807) is 6.07 Å². The number of rotatable bonds is 10. The molecule has 5 heteroatoms. The van der Waals surface area contributed by atoms with Gasteiger partial charge >= 0.3 is 0 Å². The van der Waals surface area contributed by atoms with Crippen LogP contribution in [0.1, 0.15) is 99.0 Å². The number of carbonyl (C=O) groups is 2. The molecule has 2 aromatic rings. The van der Waals surface area contributed by atoms with Crippen molar-refractivity contribution in [2.45, 2.75) is 90.1 Å². The second kappa shape index (κ2) is 11.8. The molecule has 0 aromatic heterocycles. The first-order valence-electron chi connectivity index (χ1n) is 15.2. The number of aromatic hydroxyl groups is 1. The fraction of sp³-hybridized carbons (Fsp3) is 0.588. The van der Waals surface area contributed by atoms with Crippen LogP contribution in [0.25, 0.3) is 0 Å². The van der Waals surface area contributed by atoms with E-state index in [0.717, 1.165) is 81.1 Å². The normalized spacial score (nSPS) is 29.4. The molecule has 210 valence electrons. The van der Waals surface area contributed by atoms with Gasteiger partial charge in [-0.2, -0.15) is 0 Å². The van der Waals surface area contributed by atoms with Gasteiger partial charge in [-0.05, 0) is 91.7 Å². The Balaban J connectivity index is 1.31. The Morgan fingerprint density at radius 3 is 2.56 bits per heavy atom. The van der Waals surface area contributed by atoms with E-state index in [1.807, 2.05) is 54.3 Å². The number of ketones is 1. The van der Waals surface area contributed by atoms with Crippen molar-refractivity contribution in [2.24, 2.45) is 23.2 Å². The Labute approximate surface area is 233 Å². The summed E-state index contributed by atoms with van der Waals surface area (Å²) in [5.74, 6) is 1.02. The van der Waals surface area contributed by atoms with E-state index in [9.17, 15) is 14.7 Å². The quantitative estimate of drug-likeness (QED) is 0.322. The Hall–Kier alpha value is -2.69. The van der Waals surface area contributed by atoms with Crippen molar-refractivity contribution in [3.8, 4) is 5.75 Å². The number of amides is 1. The molecule has 0 heterocycles. The highest BCUT2D eigenvalue weighted by molar-refractivity contribution is 5.94. The predicted molar refractivity (Wildman–Crippen MR) is 153 cm³/mol. The van der Waals surface area contributed by atoms with Gasteiger partial charge in [-0.3, -0.25) is 9.59 Å². The van der Waals surface area contributed by atoms with Gasteiger partial charge in [0.1, 0.15) is 17.7 Å². The lowest BCUT2D eigenvalue weighted by Crippen LogP contribution is -2.50. The van der Waals surface area contributed by atoms with Gasteiger partial charge in [-0.1, -0.05) is 57.4 Å². The third-order valence-electron chi connectivity index (χ3n) is 10.1. The lowest BCUT2D eigenvalue weighted by atomic mass is 9.51. The molecule has 0 aliphatic heterocycles. The van der Waals surface area contributed by atoms with Crippen molar-refractivity contribution >= 4 is 11.7 Å². The number of nitrogens with zero attached hydrogens (tertiary/aromatic N) is 1. The number of alkyl halides is 1. The fourth-order valence-corrected chi connectivity index (χ4v) is 8.17. The predicted octanol–water partition coefficient (Wildman–Crippen LogP) is 7.49. The molecule has 0 spiro atoms. The van der Waals surface area contributed by atoms with Crippen LogP contribution in [0.4, 0.5) is 4.39 Å². The Kier molecular flexibility index (Phi) is 8.44. The van der Waals surface area contributed by atoms with E-state index in [4.69, 9.17) is 0 Å².